The minimum atomic E-state index is -2.21. The average molecular weight is 441 g/mol. The van der Waals surface area contributed by atoms with Crippen LogP contribution in [0.2, 0.25) is 7.75 Å². The maximum Gasteiger partial charge on any atom is -1.00 e. The van der Waals surface area contributed by atoms with Gasteiger partial charge in [-0.3, -0.25) is 0 Å². The van der Waals surface area contributed by atoms with Gasteiger partial charge in [0.25, 0.3) is 0 Å². The van der Waals surface area contributed by atoms with Gasteiger partial charge in [0.15, 0.2) is 0 Å². The number of benzene rings is 1. The molecule has 4 rings (SSSR count). The zero-order chi connectivity index (χ0) is 15.3. The van der Waals surface area contributed by atoms with Crippen LogP contribution in [0.15, 0.2) is 50.8 Å². The number of fused-ring (bicyclic) bond motifs is 1. The number of hydrogen-bond acceptors (Lipinski definition) is 0. The number of halogens is 2. The van der Waals surface area contributed by atoms with Gasteiger partial charge in [0.2, 0.25) is 0 Å². The Bertz CT molecular complexity index is 716. The fourth-order valence-corrected chi connectivity index (χ4v) is 21.2. The Morgan fingerprint density at radius 3 is 2.38 bits per heavy atom. The van der Waals surface area contributed by atoms with Gasteiger partial charge in [-0.2, -0.15) is 0 Å². The van der Waals surface area contributed by atoms with E-state index in [0.717, 1.165) is 7.25 Å². The van der Waals surface area contributed by atoms with E-state index in [0.29, 0.717) is 0 Å². The molecule has 1 saturated heterocycles. The van der Waals surface area contributed by atoms with E-state index < -0.39 is 20.3 Å². The first kappa shape index (κ1) is 20.2. The zero-order valence-corrected chi connectivity index (χ0v) is 18.8. The van der Waals surface area contributed by atoms with Crippen LogP contribution in [0.3, 0.4) is 0 Å². The van der Waals surface area contributed by atoms with E-state index in [-0.39, 0.29) is 24.8 Å². The van der Waals surface area contributed by atoms with Gasteiger partial charge in [-0.25, -0.2) is 0 Å². The second-order valence-electron chi connectivity index (χ2n) is 7.29. The summed E-state index contributed by atoms with van der Waals surface area (Å²) >= 11 is -2.21. The molecule has 1 aromatic rings. The first-order valence-corrected chi connectivity index (χ1v) is 14.7. The van der Waals surface area contributed by atoms with Crippen molar-refractivity contribution in [1.29, 1.82) is 0 Å². The molecule has 0 radical (unpaired) electrons. The molecule has 0 aromatic heterocycles. The topological polar surface area (TPSA) is 0 Å². The molecule has 0 bridgehead atoms. The smallest absolute Gasteiger partial charge is 1.00 e. The summed E-state index contributed by atoms with van der Waals surface area (Å²) in [6, 6.07) is 9.12. The Kier molecular flexibility index (Phi) is 6.44. The monoisotopic (exact) mass is 438 g/mol. The normalized spacial score (nSPS) is 27.0. The fraction of sp³-hybridized carbons (Fsp3) is 0.429. The molecule has 3 aliphatic rings. The summed E-state index contributed by atoms with van der Waals surface area (Å²) in [5.41, 5.74) is 6.54. The molecule has 1 aromatic carbocycles. The van der Waals surface area contributed by atoms with E-state index in [4.69, 9.17) is 0 Å². The summed E-state index contributed by atoms with van der Waals surface area (Å²) in [4.78, 5) is 0. The van der Waals surface area contributed by atoms with Crippen molar-refractivity contribution in [3.63, 3.8) is 0 Å². The largest absolute Gasteiger partial charge is 1.00 e. The Labute approximate surface area is 163 Å². The third-order valence-corrected chi connectivity index (χ3v) is 20.7. The molecule has 0 amide bonds. The van der Waals surface area contributed by atoms with Gasteiger partial charge in [-0.15, -0.1) is 0 Å². The van der Waals surface area contributed by atoms with Crippen LogP contribution in [-0.4, -0.2) is 0 Å². The van der Waals surface area contributed by atoms with Gasteiger partial charge < -0.3 is 24.8 Å². The third kappa shape index (κ3) is 2.96. The molecular formula is C21H26Cl2Zr. The van der Waals surface area contributed by atoms with Crippen molar-refractivity contribution in [2.45, 2.75) is 51.4 Å². The van der Waals surface area contributed by atoms with Crippen LogP contribution in [0.5, 0.6) is 0 Å². The summed E-state index contributed by atoms with van der Waals surface area (Å²) in [6.07, 6.45) is 11.4. The predicted octanol–water partition coefficient (Wildman–Crippen LogP) is 0.561. The molecule has 0 saturated carbocycles. The minimum Gasteiger partial charge on any atom is -1.00 e. The van der Waals surface area contributed by atoms with Crippen LogP contribution in [0.1, 0.15) is 54.8 Å². The van der Waals surface area contributed by atoms with E-state index in [9.17, 15) is 0 Å². The first-order valence-electron chi connectivity index (χ1n) is 8.89. The molecule has 3 unspecified atom stereocenters. The molecule has 3 atom stereocenters. The molecule has 1 aliphatic heterocycles. The van der Waals surface area contributed by atoms with Crippen LogP contribution in [0.4, 0.5) is 0 Å². The maximum atomic E-state index is 2.66. The Hall–Kier alpha value is -0.0969. The van der Waals surface area contributed by atoms with Crippen molar-refractivity contribution in [2.24, 2.45) is 0 Å². The molecule has 2 aliphatic carbocycles. The van der Waals surface area contributed by atoms with Crippen LogP contribution >= 0.6 is 0 Å². The van der Waals surface area contributed by atoms with E-state index >= 15 is 0 Å². The number of allylic oxidation sites excluding steroid dienone is 5. The van der Waals surface area contributed by atoms with Gasteiger partial charge in [-0.1, -0.05) is 0 Å². The van der Waals surface area contributed by atoms with Gasteiger partial charge in [-0.05, 0) is 0 Å². The summed E-state index contributed by atoms with van der Waals surface area (Å²) < 4.78 is 5.33. The van der Waals surface area contributed by atoms with Crippen molar-refractivity contribution >= 4 is 6.08 Å². The van der Waals surface area contributed by atoms with Crippen LogP contribution in [-0.2, 0) is 20.3 Å². The predicted molar refractivity (Wildman–Crippen MR) is 92.8 cm³/mol. The molecule has 3 heteroatoms. The summed E-state index contributed by atoms with van der Waals surface area (Å²) in [5.74, 6) is 0. The van der Waals surface area contributed by atoms with Crippen LogP contribution in [0, 0.1) is 0 Å². The molecule has 128 valence electrons. The summed E-state index contributed by atoms with van der Waals surface area (Å²) in [7, 11) is 0. The average Bonchev–Trinajstić information content (AvgIpc) is 2.96. The molecule has 24 heavy (non-hydrogen) atoms. The van der Waals surface area contributed by atoms with Crippen molar-refractivity contribution in [3.05, 3.63) is 62.0 Å². The Balaban J connectivity index is 0.00000104. The van der Waals surface area contributed by atoms with Gasteiger partial charge in [0.1, 0.15) is 0 Å². The summed E-state index contributed by atoms with van der Waals surface area (Å²) in [6.45, 7) is 7.21. The second kappa shape index (κ2) is 7.65. The van der Waals surface area contributed by atoms with Crippen molar-refractivity contribution in [2.75, 3.05) is 0 Å². The van der Waals surface area contributed by atoms with Crippen molar-refractivity contribution < 1.29 is 45.1 Å². The summed E-state index contributed by atoms with van der Waals surface area (Å²) in [5, 5.41) is 0. The quantitative estimate of drug-likeness (QED) is 0.642. The third-order valence-electron chi connectivity index (χ3n) is 6.33. The van der Waals surface area contributed by atoms with Gasteiger partial charge in [0.05, 0.1) is 0 Å². The van der Waals surface area contributed by atoms with E-state index in [1.165, 1.54) is 24.8 Å². The standard InChI is InChI=1S/C9H7.C9H13.C3H6.2ClH.Zr/c1-2-5-9-7-3-6-8(9)4-1;1-3-8-6-5-7-9(8)4-2;1-3-2;;;/h1-7H;6H,3-4,7H2,1-2H3;3H,1H2,2H3;2*1H;/q;;;;;+2/p-2. The molecular weight excluding hydrogens is 414 g/mol. The number of rotatable bonds is 4. The van der Waals surface area contributed by atoms with E-state index in [2.05, 4.69) is 63.3 Å². The molecule has 0 nitrogen and oxygen atoms in total. The Morgan fingerprint density at radius 2 is 1.79 bits per heavy atom. The van der Waals surface area contributed by atoms with Crippen LogP contribution in [0.25, 0.3) is 6.08 Å². The zero-order valence-electron chi connectivity index (χ0n) is 14.8. The van der Waals surface area contributed by atoms with Gasteiger partial charge >= 0.3 is 140 Å². The second-order valence-corrected chi connectivity index (χ2v) is 18.9. The SMILES string of the molecule is CCC1=C(CC)C[C]([Zr+2]2([CH]3C=Cc4ccccc43)[CH2][CH]2C)=C1.[Cl-].[Cl-]. The molecule has 1 heterocycles. The van der Waals surface area contributed by atoms with Crippen molar-refractivity contribution in [1.82, 2.24) is 0 Å². The van der Waals surface area contributed by atoms with E-state index in [1.54, 1.807) is 20.8 Å². The number of hydrogen-bond donors (Lipinski definition) is 0. The molecule has 0 spiro atoms. The van der Waals surface area contributed by atoms with Crippen LogP contribution < -0.4 is 24.8 Å². The molecule has 1 fully saturated rings. The fourth-order valence-electron chi connectivity index (χ4n) is 4.94. The van der Waals surface area contributed by atoms with Gasteiger partial charge in [0, 0.05) is 0 Å². The Morgan fingerprint density at radius 1 is 1.08 bits per heavy atom. The maximum absolute atomic E-state index is 2.66. The van der Waals surface area contributed by atoms with E-state index in [1.807, 2.05) is 3.28 Å². The van der Waals surface area contributed by atoms with Crippen molar-refractivity contribution in [3.8, 4) is 0 Å². The first-order chi connectivity index (χ1) is 10.7. The molecule has 0 N–H and O–H groups in total. The minimum absolute atomic E-state index is 0.